The molecule has 2 aromatic rings. The molecule has 3 nitrogen and oxygen atoms in total. The number of methoxy groups -OCH3 is 2. The molecule has 2 rings (SSSR count). The van der Waals surface area contributed by atoms with Crippen molar-refractivity contribution in [1.29, 1.82) is 0 Å². The van der Waals surface area contributed by atoms with Crippen LogP contribution in [0.5, 0.6) is 11.5 Å². The van der Waals surface area contributed by atoms with Crippen LogP contribution in [0.1, 0.15) is 18.1 Å². The second kappa shape index (κ2) is 6.77. The molecule has 0 bridgehead atoms. The van der Waals surface area contributed by atoms with Crippen molar-refractivity contribution in [2.75, 3.05) is 20.8 Å². The first-order chi connectivity index (χ1) is 9.71. The van der Waals surface area contributed by atoms with Crippen molar-refractivity contribution >= 4 is 11.3 Å². The summed E-state index contributed by atoms with van der Waals surface area (Å²) in [5.41, 5.74) is 3.74. The van der Waals surface area contributed by atoms with E-state index in [1.54, 1.807) is 25.6 Å². The zero-order chi connectivity index (χ0) is 14.5. The highest BCUT2D eigenvalue weighted by Crippen LogP contribution is 2.39. The van der Waals surface area contributed by atoms with Gasteiger partial charge in [-0.3, -0.25) is 0 Å². The Hall–Kier alpha value is -1.52. The SMILES string of the molecule is CCNCc1cc(OC)c(OC)cc1-c1sccc1C. The molecule has 0 saturated carbocycles. The number of aryl methyl sites for hydroxylation is 1. The van der Waals surface area contributed by atoms with Crippen molar-refractivity contribution in [2.45, 2.75) is 20.4 Å². The number of nitrogens with one attached hydrogen (secondary N) is 1. The van der Waals surface area contributed by atoms with Gasteiger partial charge in [-0.05, 0) is 48.2 Å². The summed E-state index contributed by atoms with van der Waals surface area (Å²) in [5.74, 6) is 1.55. The predicted molar refractivity (Wildman–Crippen MR) is 85.0 cm³/mol. The highest BCUT2D eigenvalue weighted by atomic mass is 32.1. The van der Waals surface area contributed by atoms with E-state index in [0.29, 0.717) is 0 Å². The normalized spacial score (nSPS) is 10.6. The summed E-state index contributed by atoms with van der Waals surface area (Å²) in [6.07, 6.45) is 0. The van der Waals surface area contributed by atoms with Crippen LogP contribution in [-0.2, 0) is 6.54 Å². The molecule has 0 aliphatic heterocycles. The fraction of sp³-hybridized carbons (Fsp3) is 0.375. The Morgan fingerprint density at radius 2 is 1.85 bits per heavy atom. The second-order valence-corrected chi connectivity index (χ2v) is 5.49. The van der Waals surface area contributed by atoms with E-state index in [1.807, 2.05) is 0 Å². The summed E-state index contributed by atoms with van der Waals surface area (Å²) in [6, 6.07) is 6.29. The van der Waals surface area contributed by atoms with Crippen molar-refractivity contribution in [3.8, 4) is 21.9 Å². The Bertz CT molecular complexity index is 578. The van der Waals surface area contributed by atoms with E-state index in [9.17, 15) is 0 Å². The average molecular weight is 291 g/mol. The highest BCUT2D eigenvalue weighted by molar-refractivity contribution is 7.13. The topological polar surface area (TPSA) is 30.5 Å². The third kappa shape index (κ3) is 2.97. The Balaban J connectivity index is 2.54. The van der Waals surface area contributed by atoms with Crippen molar-refractivity contribution in [3.05, 3.63) is 34.7 Å². The van der Waals surface area contributed by atoms with E-state index in [-0.39, 0.29) is 0 Å². The van der Waals surface area contributed by atoms with Gasteiger partial charge in [-0.1, -0.05) is 6.92 Å². The van der Waals surface area contributed by atoms with E-state index >= 15 is 0 Å². The number of hydrogen-bond donors (Lipinski definition) is 1. The maximum atomic E-state index is 5.43. The van der Waals surface area contributed by atoms with Gasteiger partial charge >= 0.3 is 0 Å². The fourth-order valence-electron chi connectivity index (χ4n) is 2.19. The van der Waals surface area contributed by atoms with Gasteiger partial charge in [0.25, 0.3) is 0 Å². The quantitative estimate of drug-likeness (QED) is 0.877. The molecule has 0 saturated heterocycles. The molecule has 0 fully saturated rings. The Morgan fingerprint density at radius 1 is 1.15 bits per heavy atom. The lowest BCUT2D eigenvalue weighted by Crippen LogP contribution is -2.12. The van der Waals surface area contributed by atoms with Crippen LogP contribution >= 0.6 is 11.3 Å². The van der Waals surface area contributed by atoms with Crippen LogP contribution in [0.15, 0.2) is 23.6 Å². The number of hydrogen-bond acceptors (Lipinski definition) is 4. The lowest BCUT2D eigenvalue weighted by Gasteiger charge is -2.15. The minimum Gasteiger partial charge on any atom is -0.493 e. The predicted octanol–water partition coefficient (Wildman–Crippen LogP) is 3.85. The third-order valence-electron chi connectivity index (χ3n) is 3.28. The van der Waals surface area contributed by atoms with Crippen LogP contribution in [0.2, 0.25) is 0 Å². The van der Waals surface area contributed by atoms with Gasteiger partial charge in [-0.2, -0.15) is 0 Å². The molecule has 1 aromatic heterocycles. The molecule has 1 aromatic carbocycles. The van der Waals surface area contributed by atoms with Gasteiger partial charge < -0.3 is 14.8 Å². The van der Waals surface area contributed by atoms with Crippen LogP contribution in [-0.4, -0.2) is 20.8 Å². The monoisotopic (exact) mass is 291 g/mol. The molecule has 0 radical (unpaired) electrons. The van der Waals surface area contributed by atoms with Crippen molar-refractivity contribution < 1.29 is 9.47 Å². The molecule has 108 valence electrons. The maximum absolute atomic E-state index is 5.43. The zero-order valence-electron chi connectivity index (χ0n) is 12.4. The first-order valence-corrected chi connectivity index (χ1v) is 7.59. The largest absolute Gasteiger partial charge is 0.493 e. The van der Waals surface area contributed by atoms with E-state index in [4.69, 9.17) is 9.47 Å². The molecular formula is C16H21NO2S. The van der Waals surface area contributed by atoms with Crippen LogP contribution in [0.3, 0.4) is 0 Å². The molecule has 0 atom stereocenters. The van der Waals surface area contributed by atoms with E-state index < -0.39 is 0 Å². The summed E-state index contributed by atoms with van der Waals surface area (Å²) in [5, 5.41) is 5.51. The molecular weight excluding hydrogens is 270 g/mol. The fourth-order valence-corrected chi connectivity index (χ4v) is 3.17. The van der Waals surface area contributed by atoms with Crippen molar-refractivity contribution in [1.82, 2.24) is 5.32 Å². The van der Waals surface area contributed by atoms with Crippen LogP contribution in [0.4, 0.5) is 0 Å². The molecule has 0 amide bonds. The number of thiophene rings is 1. The third-order valence-corrected chi connectivity index (χ3v) is 4.33. The first-order valence-electron chi connectivity index (χ1n) is 6.71. The Morgan fingerprint density at radius 3 is 2.40 bits per heavy atom. The van der Waals surface area contributed by atoms with Gasteiger partial charge in [-0.15, -0.1) is 11.3 Å². The maximum Gasteiger partial charge on any atom is 0.161 e. The summed E-state index contributed by atoms with van der Waals surface area (Å²) < 4.78 is 10.8. The van der Waals surface area contributed by atoms with Gasteiger partial charge in [0.15, 0.2) is 11.5 Å². The van der Waals surface area contributed by atoms with Gasteiger partial charge in [0.05, 0.1) is 14.2 Å². The minimum atomic E-state index is 0.774. The Labute approximate surface area is 124 Å². The minimum absolute atomic E-state index is 0.774. The molecule has 0 aliphatic rings. The van der Waals surface area contributed by atoms with Crippen LogP contribution in [0, 0.1) is 6.92 Å². The molecule has 20 heavy (non-hydrogen) atoms. The molecule has 0 aliphatic carbocycles. The highest BCUT2D eigenvalue weighted by Gasteiger charge is 2.14. The lowest BCUT2D eigenvalue weighted by molar-refractivity contribution is 0.354. The second-order valence-electron chi connectivity index (χ2n) is 4.58. The molecule has 4 heteroatoms. The summed E-state index contributed by atoms with van der Waals surface area (Å²) in [4.78, 5) is 1.29. The lowest BCUT2D eigenvalue weighted by atomic mass is 10.0. The summed E-state index contributed by atoms with van der Waals surface area (Å²) in [6.45, 7) is 6.01. The molecule has 1 N–H and O–H groups in total. The van der Waals surface area contributed by atoms with E-state index in [0.717, 1.165) is 24.6 Å². The number of benzene rings is 1. The molecule has 1 heterocycles. The molecule has 0 unspecified atom stereocenters. The first kappa shape index (κ1) is 14.9. The smallest absolute Gasteiger partial charge is 0.161 e. The van der Waals surface area contributed by atoms with Gasteiger partial charge in [0, 0.05) is 17.0 Å². The Kier molecular flexibility index (Phi) is 5.04. The van der Waals surface area contributed by atoms with Gasteiger partial charge in [0.1, 0.15) is 0 Å². The average Bonchev–Trinajstić information content (AvgIpc) is 2.90. The van der Waals surface area contributed by atoms with E-state index in [1.165, 1.54) is 21.6 Å². The van der Waals surface area contributed by atoms with Crippen LogP contribution in [0.25, 0.3) is 10.4 Å². The van der Waals surface area contributed by atoms with Crippen molar-refractivity contribution in [2.24, 2.45) is 0 Å². The standard InChI is InChI=1S/C16H21NO2S/c1-5-17-10-12-8-14(18-3)15(19-4)9-13(12)16-11(2)6-7-20-16/h6-9,17H,5,10H2,1-4H3. The molecule has 0 spiro atoms. The number of ether oxygens (including phenoxy) is 2. The van der Waals surface area contributed by atoms with Gasteiger partial charge in [-0.25, -0.2) is 0 Å². The zero-order valence-corrected chi connectivity index (χ0v) is 13.3. The van der Waals surface area contributed by atoms with Crippen LogP contribution < -0.4 is 14.8 Å². The van der Waals surface area contributed by atoms with E-state index in [2.05, 4.69) is 42.7 Å². The number of rotatable bonds is 6. The van der Waals surface area contributed by atoms with Gasteiger partial charge in [0.2, 0.25) is 0 Å². The summed E-state index contributed by atoms with van der Waals surface area (Å²) in [7, 11) is 3.35. The summed E-state index contributed by atoms with van der Waals surface area (Å²) >= 11 is 1.76. The van der Waals surface area contributed by atoms with Crippen molar-refractivity contribution in [3.63, 3.8) is 0 Å².